The first-order valence-corrected chi connectivity index (χ1v) is 10.2. The molecule has 24 heavy (non-hydrogen) atoms. The zero-order valence-electron chi connectivity index (χ0n) is 15.9. The molecule has 0 bridgehead atoms. The highest BCUT2D eigenvalue weighted by atomic mass is 28.2. The molecule has 0 heterocycles. The molecule has 128 valence electrons. The van der Waals surface area contributed by atoms with Crippen LogP contribution in [-0.2, 0) is 6.42 Å². The lowest BCUT2D eigenvalue weighted by molar-refractivity contribution is 0.463. The molecule has 2 heteroatoms. The summed E-state index contributed by atoms with van der Waals surface area (Å²) in [6.07, 6.45) is 1.08. The van der Waals surface area contributed by atoms with Crippen LogP contribution in [0.5, 0.6) is 5.75 Å². The Morgan fingerprint density at radius 2 is 1.42 bits per heavy atom. The Balaban J connectivity index is 2.17. The molecule has 1 nitrogen and oxygen atoms in total. The van der Waals surface area contributed by atoms with Crippen molar-refractivity contribution in [3.8, 4) is 5.75 Å². The molecule has 0 spiro atoms. The molecule has 0 unspecified atom stereocenters. The van der Waals surface area contributed by atoms with Gasteiger partial charge in [-0.25, -0.2) is 0 Å². The summed E-state index contributed by atoms with van der Waals surface area (Å²) < 4.78 is 0. The smallest absolute Gasteiger partial charge is 0.119 e. The second-order valence-corrected chi connectivity index (χ2v) is 8.90. The maximum atomic E-state index is 10.3. The van der Waals surface area contributed by atoms with Crippen LogP contribution in [0, 0.1) is 13.8 Å². The molecule has 1 N–H and O–H groups in total. The number of hydrogen-bond acceptors (Lipinski definition) is 1. The number of phenols is 1. The van der Waals surface area contributed by atoms with E-state index in [-0.39, 0.29) is 0 Å². The average molecular weight is 339 g/mol. The van der Waals surface area contributed by atoms with E-state index in [1.165, 1.54) is 33.5 Å². The van der Waals surface area contributed by atoms with Crippen molar-refractivity contribution >= 4 is 14.7 Å². The lowest BCUT2D eigenvalue weighted by Crippen LogP contribution is -2.15. The van der Waals surface area contributed by atoms with Gasteiger partial charge in [0.25, 0.3) is 0 Å². The molecule has 2 radical (unpaired) electrons. The van der Waals surface area contributed by atoms with Crippen LogP contribution < -0.4 is 5.19 Å². The summed E-state index contributed by atoms with van der Waals surface area (Å²) in [5.41, 5.74) is 6.48. The van der Waals surface area contributed by atoms with Gasteiger partial charge >= 0.3 is 0 Å². The van der Waals surface area contributed by atoms with Crippen molar-refractivity contribution in [3.05, 3.63) is 58.1 Å². The normalized spacial score (nSPS) is 11.5. The first-order chi connectivity index (χ1) is 11.3. The van der Waals surface area contributed by atoms with Gasteiger partial charge < -0.3 is 5.11 Å². The number of aryl methyl sites for hydroxylation is 3. The molecule has 0 saturated heterocycles. The van der Waals surface area contributed by atoms with Gasteiger partial charge in [-0.2, -0.15) is 0 Å². The van der Waals surface area contributed by atoms with Crippen LogP contribution >= 0.6 is 0 Å². The van der Waals surface area contributed by atoms with Crippen molar-refractivity contribution in [1.82, 2.24) is 0 Å². The Bertz CT molecular complexity index is 681. The lowest BCUT2D eigenvalue weighted by Gasteiger charge is -2.18. The van der Waals surface area contributed by atoms with Crippen LogP contribution in [0.25, 0.3) is 0 Å². The van der Waals surface area contributed by atoms with E-state index in [9.17, 15) is 5.11 Å². The van der Waals surface area contributed by atoms with Gasteiger partial charge in [-0.05, 0) is 54.9 Å². The van der Waals surface area contributed by atoms with E-state index in [4.69, 9.17) is 0 Å². The van der Waals surface area contributed by atoms with E-state index in [0.29, 0.717) is 17.6 Å². The zero-order chi connectivity index (χ0) is 17.9. The molecule has 0 amide bonds. The largest absolute Gasteiger partial charge is 0.508 e. The van der Waals surface area contributed by atoms with Gasteiger partial charge in [-0.3, -0.25) is 0 Å². The monoisotopic (exact) mass is 338 g/mol. The number of hydrogen-bond donors (Lipinski definition) is 1. The molecule has 0 fully saturated rings. The van der Waals surface area contributed by atoms with Crippen LogP contribution in [0.3, 0.4) is 0 Å². The zero-order valence-corrected chi connectivity index (χ0v) is 16.9. The van der Waals surface area contributed by atoms with Crippen molar-refractivity contribution in [2.75, 3.05) is 0 Å². The van der Waals surface area contributed by atoms with Gasteiger partial charge in [0, 0.05) is 0 Å². The molecular weight excluding hydrogens is 308 g/mol. The summed E-state index contributed by atoms with van der Waals surface area (Å²) >= 11 is 0. The quantitative estimate of drug-likeness (QED) is 0.714. The SMILES string of the molecule is Cc1cc(C)cc([Si]CCc2cc(C(C)C)c(O)cc2C(C)C)c1. The third kappa shape index (κ3) is 4.73. The Kier molecular flexibility index (Phi) is 6.28. The molecule has 0 atom stereocenters. The van der Waals surface area contributed by atoms with Crippen molar-refractivity contribution in [2.24, 2.45) is 0 Å². The molecular formula is C22H30OSi. The summed E-state index contributed by atoms with van der Waals surface area (Å²) in [4.78, 5) is 0. The highest BCUT2D eigenvalue weighted by molar-refractivity contribution is 6.53. The summed E-state index contributed by atoms with van der Waals surface area (Å²) in [5.74, 6) is 1.25. The fraction of sp³-hybridized carbons (Fsp3) is 0.455. The molecule has 0 saturated carbocycles. The summed E-state index contributed by atoms with van der Waals surface area (Å²) in [7, 11) is 0.839. The van der Waals surface area contributed by atoms with Gasteiger partial charge in [0.05, 0.1) is 9.52 Å². The van der Waals surface area contributed by atoms with E-state index in [0.717, 1.165) is 21.5 Å². The Hall–Kier alpha value is -1.54. The van der Waals surface area contributed by atoms with Crippen molar-refractivity contribution in [1.29, 1.82) is 0 Å². The minimum absolute atomic E-state index is 0.354. The van der Waals surface area contributed by atoms with Gasteiger partial charge in [-0.15, -0.1) is 0 Å². The van der Waals surface area contributed by atoms with E-state index in [1.807, 2.05) is 6.07 Å². The first-order valence-electron chi connectivity index (χ1n) is 8.95. The summed E-state index contributed by atoms with van der Waals surface area (Å²) in [6, 6.07) is 12.3. The standard InChI is InChI=1S/C22H30OSi/c1-14(2)20-13-22(23)21(15(3)4)12-18(20)7-8-24-19-10-16(5)9-17(6)11-19/h9-15,23H,7-8H2,1-6H3. The summed E-state index contributed by atoms with van der Waals surface area (Å²) in [6.45, 7) is 13.1. The minimum atomic E-state index is 0.354. The van der Waals surface area contributed by atoms with Crippen LogP contribution in [0.4, 0.5) is 0 Å². The maximum Gasteiger partial charge on any atom is 0.119 e. The van der Waals surface area contributed by atoms with Gasteiger partial charge in [0.2, 0.25) is 0 Å². The predicted molar refractivity (Wildman–Crippen MR) is 106 cm³/mol. The van der Waals surface area contributed by atoms with Crippen molar-refractivity contribution in [3.63, 3.8) is 0 Å². The maximum absolute atomic E-state index is 10.3. The molecule has 0 aromatic heterocycles. The minimum Gasteiger partial charge on any atom is -0.508 e. The number of aromatic hydroxyl groups is 1. The fourth-order valence-electron chi connectivity index (χ4n) is 3.30. The third-order valence-electron chi connectivity index (χ3n) is 4.48. The van der Waals surface area contributed by atoms with Crippen LogP contribution in [0.1, 0.15) is 67.3 Å². The predicted octanol–water partition coefficient (Wildman–Crippen LogP) is 5.25. The van der Waals surface area contributed by atoms with Crippen molar-refractivity contribution in [2.45, 2.75) is 65.8 Å². The average Bonchev–Trinajstić information content (AvgIpc) is 2.46. The molecule has 2 aromatic rings. The molecule has 2 aromatic carbocycles. The molecule has 0 aliphatic heterocycles. The number of rotatable bonds is 6. The van der Waals surface area contributed by atoms with Crippen LogP contribution in [0.15, 0.2) is 30.3 Å². The second kappa shape index (κ2) is 8.02. The number of benzene rings is 2. The van der Waals surface area contributed by atoms with Gasteiger partial charge in [-0.1, -0.05) is 74.3 Å². The third-order valence-corrected chi connectivity index (χ3v) is 5.67. The van der Waals surface area contributed by atoms with Crippen LogP contribution in [0.2, 0.25) is 6.04 Å². The van der Waals surface area contributed by atoms with Crippen LogP contribution in [-0.4, -0.2) is 14.6 Å². The van der Waals surface area contributed by atoms with Gasteiger partial charge in [0.15, 0.2) is 0 Å². The van der Waals surface area contributed by atoms with E-state index < -0.39 is 0 Å². The number of phenolic OH excluding ortho intramolecular Hbond substituents is 1. The highest BCUT2D eigenvalue weighted by Crippen LogP contribution is 2.32. The fourth-order valence-corrected chi connectivity index (χ4v) is 4.65. The Labute approximate surface area is 150 Å². The summed E-state index contributed by atoms with van der Waals surface area (Å²) in [5, 5.41) is 11.8. The molecule has 0 aliphatic rings. The van der Waals surface area contributed by atoms with E-state index in [2.05, 4.69) is 65.8 Å². The first kappa shape index (κ1) is 18.8. The highest BCUT2D eigenvalue weighted by Gasteiger charge is 2.14. The Morgan fingerprint density at radius 1 is 0.833 bits per heavy atom. The molecule has 2 rings (SSSR count). The second-order valence-electron chi connectivity index (χ2n) is 7.47. The van der Waals surface area contributed by atoms with Crippen molar-refractivity contribution < 1.29 is 5.11 Å². The van der Waals surface area contributed by atoms with E-state index >= 15 is 0 Å². The van der Waals surface area contributed by atoms with Gasteiger partial charge in [0.1, 0.15) is 5.75 Å². The lowest BCUT2D eigenvalue weighted by atomic mass is 9.90. The Morgan fingerprint density at radius 3 is 1.96 bits per heavy atom. The topological polar surface area (TPSA) is 20.2 Å². The van der Waals surface area contributed by atoms with E-state index in [1.54, 1.807) is 0 Å². The molecule has 0 aliphatic carbocycles.